The first-order chi connectivity index (χ1) is 11.9. The molecule has 2 rings (SSSR count). The lowest BCUT2D eigenvalue weighted by Crippen LogP contribution is -2.46. The second-order valence-electron chi connectivity index (χ2n) is 7.13. The molecular formula is C19H32IN3O2S. The predicted molar refractivity (Wildman–Crippen MR) is 119 cm³/mol. The van der Waals surface area contributed by atoms with Crippen LogP contribution in [0.15, 0.2) is 40.2 Å². The fraction of sp³-hybridized carbons (Fsp3) is 0.632. The summed E-state index contributed by atoms with van der Waals surface area (Å²) in [5, 5.41) is 6.57. The lowest BCUT2D eigenvalue weighted by atomic mass is 9.80. The topological polar surface area (TPSA) is 70.6 Å². The standard InChI is InChI=1S/C19H31N3O2S.HI/c1-15(2)16-9-11-17(12-10-16)22-19(20-3)21-13-14-25(23,24)18-7-5-4-6-8-18;/h4-8,15-17H,9-14H2,1-3H3,(H2,20,21,22);1H. The Morgan fingerprint density at radius 1 is 1.15 bits per heavy atom. The summed E-state index contributed by atoms with van der Waals surface area (Å²) < 4.78 is 24.6. The van der Waals surface area contributed by atoms with Crippen molar-refractivity contribution in [2.24, 2.45) is 16.8 Å². The van der Waals surface area contributed by atoms with Crippen LogP contribution < -0.4 is 10.6 Å². The van der Waals surface area contributed by atoms with Crippen molar-refractivity contribution in [1.29, 1.82) is 0 Å². The molecule has 0 amide bonds. The van der Waals surface area contributed by atoms with E-state index < -0.39 is 9.84 Å². The highest BCUT2D eigenvalue weighted by Gasteiger charge is 2.23. The lowest BCUT2D eigenvalue weighted by molar-refractivity contribution is 0.250. The van der Waals surface area contributed by atoms with Crippen LogP contribution in [0.3, 0.4) is 0 Å². The van der Waals surface area contributed by atoms with E-state index in [1.807, 2.05) is 6.07 Å². The third kappa shape index (κ3) is 7.06. The number of hydrogen-bond acceptors (Lipinski definition) is 3. The van der Waals surface area contributed by atoms with E-state index in [0.29, 0.717) is 23.4 Å². The molecule has 0 saturated heterocycles. The van der Waals surface area contributed by atoms with Crippen LogP contribution in [-0.2, 0) is 9.84 Å². The second-order valence-corrected chi connectivity index (χ2v) is 9.24. The average molecular weight is 493 g/mol. The largest absolute Gasteiger partial charge is 0.355 e. The minimum Gasteiger partial charge on any atom is -0.355 e. The summed E-state index contributed by atoms with van der Waals surface area (Å²) in [6, 6.07) is 9.00. The van der Waals surface area contributed by atoms with Crippen molar-refractivity contribution in [3.05, 3.63) is 30.3 Å². The van der Waals surface area contributed by atoms with Crippen molar-refractivity contribution < 1.29 is 8.42 Å². The van der Waals surface area contributed by atoms with Gasteiger partial charge in [0.05, 0.1) is 10.6 Å². The zero-order valence-electron chi connectivity index (χ0n) is 15.9. The van der Waals surface area contributed by atoms with Crippen molar-refractivity contribution in [2.45, 2.75) is 50.5 Å². The number of aliphatic imine (C=N–C) groups is 1. The lowest BCUT2D eigenvalue weighted by Gasteiger charge is -2.32. The van der Waals surface area contributed by atoms with Gasteiger partial charge in [-0.2, -0.15) is 0 Å². The quantitative estimate of drug-likeness (QED) is 0.362. The first-order valence-corrected chi connectivity index (χ1v) is 10.8. The van der Waals surface area contributed by atoms with E-state index >= 15 is 0 Å². The fourth-order valence-corrected chi connectivity index (χ4v) is 4.55. The molecule has 0 bridgehead atoms. The Hall–Kier alpha value is -0.830. The molecule has 1 aromatic rings. The minimum atomic E-state index is -3.26. The van der Waals surface area contributed by atoms with Gasteiger partial charge in [-0.25, -0.2) is 8.42 Å². The monoisotopic (exact) mass is 493 g/mol. The van der Waals surface area contributed by atoms with Gasteiger partial charge >= 0.3 is 0 Å². The molecule has 5 nitrogen and oxygen atoms in total. The average Bonchev–Trinajstić information content (AvgIpc) is 2.62. The van der Waals surface area contributed by atoms with Gasteiger partial charge in [-0.1, -0.05) is 32.0 Å². The molecule has 1 aliphatic carbocycles. The highest BCUT2D eigenvalue weighted by Crippen LogP contribution is 2.29. The van der Waals surface area contributed by atoms with Crippen molar-refractivity contribution in [1.82, 2.24) is 10.6 Å². The molecular weight excluding hydrogens is 461 g/mol. The van der Waals surface area contributed by atoms with Crippen LogP contribution in [0.4, 0.5) is 0 Å². The fourth-order valence-electron chi connectivity index (χ4n) is 3.37. The highest BCUT2D eigenvalue weighted by atomic mass is 127. The summed E-state index contributed by atoms with van der Waals surface area (Å²) in [5.74, 6) is 2.32. The molecule has 148 valence electrons. The maximum atomic E-state index is 12.3. The molecule has 0 heterocycles. The van der Waals surface area contributed by atoms with Gasteiger partial charge in [-0.3, -0.25) is 4.99 Å². The number of sulfone groups is 1. The van der Waals surface area contributed by atoms with Crippen LogP contribution in [-0.4, -0.2) is 39.8 Å². The normalized spacial score (nSPS) is 21.2. The van der Waals surface area contributed by atoms with Crippen LogP contribution in [0.2, 0.25) is 0 Å². The van der Waals surface area contributed by atoms with Crippen molar-refractivity contribution in [3.8, 4) is 0 Å². The molecule has 0 aromatic heterocycles. The molecule has 1 saturated carbocycles. The van der Waals surface area contributed by atoms with Gasteiger partial charge in [0.1, 0.15) is 0 Å². The minimum absolute atomic E-state index is 0. The Kier molecular flexibility index (Phi) is 9.92. The summed E-state index contributed by atoms with van der Waals surface area (Å²) in [5.41, 5.74) is 0. The van der Waals surface area contributed by atoms with Crippen molar-refractivity contribution in [2.75, 3.05) is 19.3 Å². The van der Waals surface area contributed by atoms with Gasteiger partial charge in [0.2, 0.25) is 0 Å². The smallest absolute Gasteiger partial charge is 0.191 e. The molecule has 0 unspecified atom stereocenters. The van der Waals surface area contributed by atoms with Gasteiger partial charge in [0.15, 0.2) is 15.8 Å². The van der Waals surface area contributed by atoms with Gasteiger partial charge in [0, 0.05) is 19.6 Å². The van der Waals surface area contributed by atoms with E-state index in [0.717, 1.165) is 24.7 Å². The number of nitrogens with zero attached hydrogens (tertiary/aromatic N) is 1. The number of hydrogen-bond donors (Lipinski definition) is 2. The molecule has 0 radical (unpaired) electrons. The SMILES string of the molecule is CN=C(NCCS(=O)(=O)c1ccccc1)NC1CCC(C(C)C)CC1.I. The van der Waals surface area contributed by atoms with Crippen molar-refractivity contribution >= 4 is 39.8 Å². The van der Waals surface area contributed by atoms with Crippen LogP contribution in [0.1, 0.15) is 39.5 Å². The number of rotatable bonds is 6. The molecule has 0 aliphatic heterocycles. The third-order valence-electron chi connectivity index (χ3n) is 5.04. The van der Waals surface area contributed by atoms with Crippen LogP contribution in [0, 0.1) is 11.8 Å². The maximum absolute atomic E-state index is 12.3. The Morgan fingerprint density at radius 2 is 1.77 bits per heavy atom. The summed E-state index contributed by atoms with van der Waals surface area (Å²) in [4.78, 5) is 4.60. The maximum Gasteiger partial charge on any atom is 0.191 e. The van der Waals surface area contributed by atoms with E-state index in [9.17, 15) is 8.42 Å². The third-order valence-corrected chi connectivity index (χ3v) is 6.78. The number of halogens is 1. The van der Waals surface area contributed by atoms with E-state index in [2.05, 4.69) is 29.5 Å². The van der Waals surface area contributed by atoms with Gasteiger partial charge in [-0.15, -0.1) is 24.0 Å². The first-order valence-electron chi connectivity index (χ1n) is 9.17. The Morgan fingerprint density at radius 3 is 2.31 bits per heavy atom. The molecule has 1 aromatic carbocycles. The van der Waals surface area contributed by atoms with Gasteiger partial charge in [-0.05, 0) is 49.7 Å². The number of guanidine groups is 1. The number of nitrogens with one attached hydrogen (secondary N) is 2. The molecule has 0 spiro atoms. The zero-order chi connectivity index (χ0) is 18.3. The van der Waals surface area contributed by atoms with Crippen molar-refractivity contribution in [3.63, 3.8) is 0 Å². The molecule has 26 heavy (non-hydrogen) atoms. The van der Waals surface area contributed by atoms with Crippen LogP contribution in [0.25, 0.3) is 0 Å². The van der Waals surface area contributed by atoms with Gasteiger partial charge in [0.25, 0.3) is 0 Å². The number of benzene rings is 1. The van der Waals surface area contributed by atoms with Crippen LogP contribution in [0.5, 0.6) is 0 Å². The summed E-state index contributed by atoms with van der Waals surface area (Å²) >= 11 is 0. The van der Waals surface area contributed by atoms with Crippen LogP contribution >= 0.6 is 24.0 Å². The Bertz CT molecular complexity index is 655. The van der Waals surface area contributed by atoms with E-state index in [1.54, 1.807) is 31.3 Å². The zero-order valence-corrected chi connectivity index (χ0v) is 19.1. The molecule has 7 heteroatoms. The molecule has 1 fully saturated rings. The molecule has 0 atom stereocenters. The Balaban J connectivity index is 0.00000338. The summed E-state index contributed by atoms with van der Waals surface area (Å²) in [6.07, 6.45) is 4.78. The molecule has 2 N–H and O–H groups in total. The highest BCUT2D eigenvalue weighted by molar-refractivity contribution is 14.0. The van der Waals surface area contributed by atoms with E-state index in [-0.39, 0.29) is 29.7 Å². The summed E-state index contributed by atoms with van der Waals surface area (Å²) in [7, 11) is -1.54. The van der Waals surface area contributed by atoms with Gasteiger partial charge < -0.3 is 10.6 Å². The second kappa shape index (κ2) is 11.1. The molecule has 1 aliphatic rings. The van der Waals surface area contributed by atoms with E-state index in [4.69, 9.17) is 0 Å². The Labute approximate surface area is 175 Å². The van der Waals surface area contributed by atoms with E-state index in [1.165, 1.54) is 12.8 Å². The first kappa shape index (κ1) is 23.2. The predicted octanol–water partition coefficient (Wildman–Crippen LogP) is 3.46. The summed E-state index contributed by atoms with van der Waals surface area (Å²) in [6.45, 7) is 4.94.